The van der Waals surface area contributed by atoms with Gasteiger partial charge in [0.25, 0.3) is 0 Å². The minimum atomic E-state index is -3.26. The van der Waals surface area contributed by atoms with Gasteiger partial charge in [0, 0.05) is 20.5 Å². The normalized spacial score (nSPS) is 12.0. The number of hydrogen-bond donors (Lipinski definition) is 0. The minimum Gasteiger partial charge on any atom is -0.279 e. The van der Waals surface area contributed by atoms with Crippen molar-refractivity contribution in [2.24, 2.45) is 0 Å². The van der Waals surface area contributed by atoms with Gasteiger partial charge < -0.3 is 0 Å². The molecule has 0 heterocycles. The smallest absolute Gasteiger partial charge is 0.279 e. The molecule has 0 aromatic heterocycles. The fourth-order valence-corrected chi connectivity index (χ4v) is 18.8. The molecule has 6 aromatic rings. The van der Waals surface area contributed by atoms with Gasteiger partial charge in [-0.2, -0.15) is 0 Å². The van der Waals surface area contributed by atoms with Gasteiger partial charge >= 0.3 is 16.6 Å². The average Bonchev–Trinajstić information content (AvgIpc) is 3.13. The van der Waals surface area contributed by atoms with Crippen molar-refractivity contribution in [2.45, 2.75) is 41.5 Å². The molecule has 0 atom stereocenters. The van der Waals surface area contributed by atoms with Gasteiger partial charge in [-0.15, -0.1) is 0 Å². The van der Waals surface area contributed by atoms with E-state index in [2.05, 4.69) is 175 Å². The van der Waals surface area contributed by atoms with E-state index in [9.17, 15) is 0 Å². The zero-order valence-electron chi connectivity index (χ0n) is 29.5. The highest BCUT2D eigenvalue weighted by Gasteiger charge is 2.51. The maximum atomic E-state index is 7.65. The van der Waals surface area contributed by atoms with Crippen LogP contribution in [0.4, 0.5) is 0 Å². The molecule has 0 aliphatic carbocycles. The van der Waals surface area contributed by atoms with E-state index in [0.717, 1.165) is 20.5 Å². The molecule has 6 rings (SSSR count). The molecule has 0 bridgehead atoms. The van der Waals surface area contributed by atoms with Crippen LogP contribution in [0.3, 0.4) is 0 Å². The van der Waals surface area contributed by atoms with Gasteiger partial charge in [-0.3, -0.25) is 9.15 Å². The summed E-state index contributed by atoms with van der Waals surface area (Å²) in [5.41, 5.74) is 8.02. The standard InChI is InChI=1S/C42H46O2Si4/c1-29-27-39(41(45)33(5)31(29)3)47(35-19-11-7-12-20-35,36-21-13-8-14-22-36)43-44-48(37-23-15-9-16-24-37,38-25-17-10-18-26-38)40-28-30(2)32(4)34(6)42(40)46/h7-28H,1-6,45-46H3. The van der Waals surface area contributed by atoms with Crippen molar-refractivity contribution in [3.05, 3.63) is 167 Å². The Morgan fingerprint density at radius 3 is 0.875 bits per heavy atom. The van der Waals surface area contributed by atoms with Gasteiger partial charge in [0.05, 0.1) is 0 Å². The Balaban J connectivity index is 1.73. The lowest BCUT2D eigenvalue weighted by molar-refractivity contribution is -0.112. The summed E-state index contributed by atoms with van der Waals surface area (Å²) in [4.78, 5) is 0. The molecule has 0 aliphatic heterocycles. The van der Waals surface area contributed by atoms with Crippen LogP contribution < -0.4 is 41.5 Å². The molecule has 0 spiro atoms. The van der Waals surface area contributed by atoms with Crippen LogP contribution in [-0.2, 0) is 9.15 Å². The molecule has 0 saturated heterocycles. The van der Waals surface area contributed by atoms with Gasteiger partial charge in [-0.1, -0.05) is 144 Å². The molecule has 0 saturated carbocycles. The van der Waals surface area contributed by atoms with E-state index in [1.165, 1.54) is 74.9 Å². The van der Waals surface area contributed by atoms with Crippen molar-refractivity contribution in [3.8, 4) is 0 Å². The van der Waals surface area contributed by atoms with Crippen LogP contribution in [-0.4, -0.2) is 37.1 Å². The van der Waals surface area contributed by atoms with Gasteiger partial charge in [0.2, 0.25) is 0 Å². The highest BCUT2D eigenvalue weighted by molar-refractivity contribution is 7.10. The first kappa shape index (κ1) is 34.0. The molecule has 242 valence electrons. The third kappa shape index (κ3) is 5.76. The second kappa shape index (κ2) is 13.9. The van der Waals surface area contributed by atoms with Crippen molar-refractivity contribution in [3.63, 3.8) is 0 Å². The van der Waals surface area contributed by atoms with E-state index in [-0.39, 0.29) is 0 Å². The average molecular weight is 695 g/mol. The number of aryl methyl sites for hydroxylation is 2. The predicted molar refractivity (Wildman–Crippen MR) is 218 cm³/mol. The summed E-state index contributed by atoms with van der Waals surface area (Å²) >= 11 is 0. The lowest BCUT2D eigenvalue weighted by Gasteiger charge is -2.40. The molecule has 0 amide bonds. The molecule has 0 radical (unpaired) electrons. The van der Waals surface area contributed by atoms with Crippen LogP contribution in [0.1, 0.15) is 33.4 Å². The van der Waals surface area contributed by atoms with Crippen molar-refractivity contribution in [1.82, 2.24) is 0 Å². The van der Waals surface area contributed by atoms with E-state index in [4.69, 9.17) is 9.15 Å². The fourth-order valence-electron chi connectivity index (χ4n) is 7.21. The number of benzene rings is 6. The van der Waals surface area contributed by atoms with Crippen molar-refractivity contribution >= 4 is 78.6 Å². The highest BCUT2D eigenvalue weighted by Crippen LogP contribution is 2.20. The molecule has 0 aliphatic rings. The summed E-state index contributed by atoms with van der Waals surface area (Å²) in [6.07, 6.45) is 0. The third-order valence-electron chi connectivity index (χ3n) is 10.7. The Kier molecular flexibility index (Phi) is 9.85. The lowest BCUT2D eigenvalue weighted by Crippen LogP contribution is -2.77. The summed E-state index contributed by atoms with van der Waals surface area (Å²) in [6, 6.07) is 48.4. The summed E-state index contributed by atoms with van der Waals surface area (Å²) in [5, 5.41) is 10.1. The molecule has 0 fully saturated rings. The summed E-state index contributed by atoms with van der Waals surface area (Å²) < 4.78 is 15.3. The SMILES string of the molecule is Cc1cc([Si](OO[Si](c2ccccc2)(c2ccccc2)c2cc(C)c(C)c(C)c2[SiH3])(c2ccccc2)c2ccccc2)c([SiH3])c(C)c1C. The lowest BCUT2D eigenvalue weighted by atomic mass is 10.0. The van der Waals surface area contributed by atoms with Crippen molar-refractivity contribution in [1.29, 1.82) is 0 Å². The Hall–Kier alpha value is -3.89. The largest absolute Gasteiger partial charge is 0.329 e. The monoisotopic (exact) mass is 694 g/mol. The van der Waals surface area contributed by atoms with Crippen molar-refractivity contribution in [2.75, 3.05) is 0 Å². The molecule has 6 heteroatoms. The molecule has 48 heavy (non-hydrogen) atoms. The van der Waals surface area contributed by atoms with Crippen LogP contribution in [0, 0.1) is 41.5 Å². The number of hydrogen-bond acceptors (Lipinski definition) is 2. The Morgan fingerprint density at radius 1 is 0.375 bits per heavy atom. The van der Waals surface area contributed by atoms with E-state index in [0.29, 0.717) is 0 Å². The van der Waals surface area contributed by atoms with E-state index in [1.54, 1.807) is 0 Å². The van der Waals surface area contributed by atoms with E-state index >= 15 is 0 Å². The maximum Gasteiger partial charge on any atom is 0.329 e. The Bertz CT molecular complexity index is 1820. The Labute approximate surface area is 294 Å². The van der Waals surface area contributed by atoms with Crippen molar-refractivity contribution < 1.29 is 9.15 Å². The molecule has 0 unspecified atom stereocenters. The van der Waals surface area contributed by atoms with E-state index < -0.39 is 16.6 Å². The second-order valence-electron chi connectivity index (χ2n) is 13.2. The first-order valence-electron chi connectivity index (χ1n) is 16.9. The molecule has 0 N–H and O–H groups in total. The quantitative estimate of drug-likeness (QED) is 0.100. The predicted octanol–water partition coefficient (Wildman–Crippen LogP) is 2.10. The highest BCUT2D eigenvalue weighted by atomic mass is 28.4. The zero-order chi connectivity index (χ0) is 34.1. The zero-order valence-corrected chi connectivity index (χ0v) is 35.5. The van der Waals surface area contributed by atoms with Crippen LogP contribution in [0.5, 0.6) is 0 Å². The minimum absolute atomic E-state index is 0.892. The summed E-state index contributed by atoms with van der Waals surface area (Å²) in [7, 11) is -4.73. The molecule has 2 nitrogen and oxygen atoms in total. The van der Waals surface area contributed by atoms with Gasteiger partial charge in [0.1, 0.15) is 0 Å². The van der Waals surface area contributed by atoms with E-state index in [1.807, 2.05) is 0 Å². The Morgan fingerprint density at radius 2 is 0.625 bits per heavy atom. The molecule has 6 aromatic carbocycles. The molecular weight excluding hydrogens is 649 g/mol. The summed E-state index contributed by atoms with van der Waals surface area (Å²) in [6.45, 7) is 13.5. The topological polar surface area (TPSA) is 18.5 Å². The number of rotatable bonds is 9. The van der Waals surface area contributed by atoms with Gasteiger partial charge in [0.15, 0.2) is 0 Å². The van der Waals surface area contributed by atoms with Crippen LogP contribution in [0.25, 0.3) is 0 Å². The third-order valence-corrected chi connectivity index (χ3v) is 22.3. The molecular formula is C42H46O2Si4. The van der Waals surface area contributed by atoms with Gasteiger partial charge in [-0.25, -0.2) is 0 Å². The maximum absolute atomic E-state index is 7.65. The summed E-state index contributed by atoms with van der Waals surface area (Å²) in [5.74, 6) is 0. The second-order valence-corrected chi connectivity index (χ2v) is 21.7. The first-order valence-corrected chi connectivity index (χ1v) is 22.7. The van der Waals surface area contributed by atoms with Crippen LogP contribution in [0.15, 0.2) is 133 Å². The van der Waals surface area contributed by atoms with Crippen LogP contribution in [0.2, 0.25) is 0 Å². The first-order chi connectivity index (χ1) is 23.1. The van der Waals surface area contributed by atoms with Crippen LogP contribution >= 0.6 is 0 Å². The fraction of sp³-hybridized carbons (Fsp3) is 0.143. The van der Waals surface area contributed by atoms with Gasteiger partial charge in [-0.05, 0) is 106 Å².